The largest absolute Gasteiger partial charge is 0.497 e. The molecule has 1 amide bonds. The van der Waals surface area contributed by atoms with Crippen LogP contribution >= 0.6 is 15.9 Å². The van der Waals surface area contributed by atoms with Crippen LogP contribution in [-0.4, -0.2) is 25.3 Å². The number of nitrogens with one attached hydrogen (secondary N) is 1. The first kappa shape index (κ1) is 17.0. The van der Waals surface area contributed by atoms with E-state index in [4.69, 9.17) is 9.47 Å². The molecule has 0 spiro atoms. The van der Waals surface area contributed by atoms with Gasteiger partial charge in [0.1, 0.15) is 11.5 Å². The van der Waals surface area contributed by atoms with E-state index in [1.807, 2.05) is 37.3 Å². The zero-order chi connectivity index (χ0) is 16.7. The van der Waals surface area contributed by atoms with Crippen LogP contribution in [0, 0.1) is 0 Å². The molecule has 0 aliphatic heterocycles. The van der Waals surface area contributed by atoms with Crippen LogP contribution in [0.25, 0.3) is 0 Å². The highest BCUT2D eigenvalue weighted by Crippen LogP contribution is 2.28. The Balaban J connectivity index is 1.88. The van der Waals surface area contributed by atoms with Crippen molar-refractivity contribution in [1.82, 2.24) is 5.43 Å². The number of benzene rings is 2. The minimum Gasteiger partial charge on any atom is -0.497 e. The Labute approximate surface area is 143 Å². The van der Waals surface area contributed by atoms with Crippen molar-refractivity contribution in [3.05, 3.63) is 58.6 Å². The summed E-state index contributed by atoms with van der Waals surface area (Å²) in [5.74, 6) is 0.935. The second kappa shape index (κ2) is 8.33. The fourth-order valence-electron chi connectivity index (χ4n) is 1.79. The normalized spacial score (nSPS) is 11.0. The van der Waals surface area contributed by atoms with Crippen LogP contribution in [0.4, 0.5) is 0 Å². The zero-order valence-corrected chi connectivity index (χ0v) is 14.5. The predicted molar refractivity (Wildman–Crippen MR) is 93.0 cm³/mol. The van der Waals surface area contributed by atoms with Gasteiger partial charge in [-0.15, -0.1) is 0 Å². The van der Waals surface area contributed by atoms with Gasteiger partial charge in [0.05, 0.1) is 17.3 Å². The summed E-state index contributed by atoms with van der Waals surface area (Å²) in [6, 6.07) is 14.9. The average Bonchev–Trinajstić information content (AvgIpc) is 2.59. The third kappa shape index (κ3) is 5.10. The van der Waals surface area contributed by atoms with E-state index in [0.29, 0.717) is 16.0 Å². The van der Waals surface area contributed by atoms with E-state index in [9.17, 15) is 4.79 Å². The molecule has 120 valence electrons. The van der Waals surface area contributed by atoms with E-state index in [1.54, 1.807) is 25.3 Å². The Morgan fingerprint density at radius 2 is 1.96 bits per heavy atom. The number of rotatable bonds is 6. The predicted octanol–water partition coefficient (Wildman–Crippen LogP) is 3.38. The molecule has 0 saturated carbocycles. The number of amides is 1. The number of halogens is 1. The van der Waals surface area contributed by atoms with Crippen molar-refractivity contribution in [2.75, 3.05) is 13.7 Å². The van der Waals surface area contributed by atoms with Gasteiger partial charge in [-0.25, -0.2) is 5.43 Å². The molecule has 2 aromatic carbocycles. The number of ether oxygens (including phenoxy) is 2. The summed E-state index contributed by atoms with van der Waals surface area (Å²) in [4.78, 5) is 11.8. The summed E-state index contributed by atoms with van der Waals surface area (Å²) in [5, 5.41) is 4.06. The summed E-state index contributed by atoms with van der Waals surface area (Å²) in [5.41, 5.74) is 4.15. The molecule has 0 radical (unpaired) electrons. The van der Waals surface area contributed by atoms with Crippen LogP contribution in [0.1, 0.15) is 12.5 Å². The highest BCUT2D eigenvalue weighted by molar-refractivity contribution is 9.10. The molecular weight excluding hydrogens is 360 g/mol. The Hall–Kier alpha value is -2.34. The molecule has 0 fully saturated rings. The van der Waals surface area contributed by atoms with Gasteiger partial charge in [-0.2, -0.15) is 5.10 Å². The molecule has 2 aromatic rings. The lowest BCUT2D eigenvalue weighted by Gasteiger charge is -2.09. The Bertz CT molecular complexity index is 702. The summed E-state index contributed by atoms with van der Waals surface area (Å²) in [6.07, 6.45) is 0. The molecule has 0 aliphatic rings. The van der Waals surface area contributed by atoms with Crippen LogP contribution in [0.3, 0.4) is 0 Å². The summed E-state index contributed by atoms with van der Waals surface area (Å²) in [6.45, 7) is 1.70. The van der Waals surface area contributed by atoms with E-state index in [-0.39, 0.29) is 12.5 Å². The smallest absolute Gasteiger partial charge is 0.277 e. The van der Waals surface area contributed by atoms with Crippen LogP contribution < -0.4 is 14.9 Å². The molecule has 0 aliphatic carbocycles. The molecule has 0 saturated heterocycles. The van der Waals surface area contributed by atoms with Gasteiger partial charge in [-0.3, -0.25) is 4.79 Å². The van der Waals surface area contributed by atoms with Crippen molar-refractivity contribution in [3.8, 4) is 11.5 Å². The molecule has 6 heteroatoms. The Kier molecular flexibility index (Phi) is 6.17. The topological polar surface area (TPSA) is 59.9 Å². The van der Waals surface area contributed by atoms with Gasteiger partial charge in [0.15, 0.2) is 6.61 Å². The van der Waals surface area contributed by atoms with E-state index < -0.39 is 0 Å². The first-order chi connectivity index (χ1) is 11.1. The van der Waals surface area contributed by atoms with Crippen LogP contribution in [0.15, 0.2) is 58.1 Å². The number of hydrogen-bond donors (Lipinski definition) is 1. The molecule has 0 unspecified atom stereocenters. The second-order valence-electron chi connectivity index (χ2n) is 4.68. The summed E-state index contributed by atoms with van der Waals surface area (Å²) >= 11 is 3.37. The van der Waals surface area contributed by atoms with Gasteiger partial charge < -0.3 is 9.47 Å². The van der Waals surface area contributed by atoms with Gasteiger partial charge >= 0.3 is 0 Å². The average molecular weight is 377 g/mol. The molecule has 23 heavy (non-hydrogen) atoms. The van der Waals surface area contributed by atoms with Crippen molar-refractivity contribution < 1.29 is 14.3 Å². The van der Waals surface area contributed by atoms with E-state index >= 15 is 0 Å². The maximum absolute atomic E-state index is 11.8. The van der Waals surface area contributed by atoms with Gasteiger partial charge in [-0.05, 0) is 46.6 Å². The summed E-state index contributed by atoms with van der Waals surface area (Å²) in [7, 11) is 1.59. The summed E-state index contributed by atoms with van der Waals surface area (Å²) < 4.78 is 11.3. The highest BCUT2D eigenvalue weighted by atomic mass is 79.9. The number of nitrogens with zero attached hydrogens (tertiary/aromatic N) is 1. The van der Waals surface area contributed by atoms with Gasteiger partial charge in [0.2, 0.25) is 0 Å². The highest BCUT2D eigenvalue weighted by Gasteiger charge is 2.06. The number of carbonyl (C=O) groups is 1. The fraction of sp³-hybridized carbons (Fsp3) is 0.176. The van der Waals surface area contributed by atoms with Crippen molar-refractivity contribution in [3.63, 3.8) is 0 Å². The SMILES string of the molecule is COc1ccc(OCC(=O)N/N=C(\C)c2ccccc2)c(Br)c1. The van der Waals surface area contributed by atoms with Crippen LogP contribution in [0.2, 0.25) is 0 Å². The first-order valence-corrected chi connectivity index (χ1v) is 7.74. The zero-order valence-electron chi connectivity index (χ0n) is 12.9. The molecule has 0 bridgehead atoms. The van der Waals surface area contributed by atoms with E-state index in [1.165, 1.54) is 0 Å². The number of carbonyl (C=O) groups excluding carboxylic acids is 1. The quantitative estimate of drug-likeness (QED) is 0.620. The second-order valence-corrected chi connectivity index (χ2v) is 5.54. The van der Waals surface area contributed by atoms with Crippen LogP contribution in [-0.2, 0) is 4.79 Å². The van der Waals surface area contributed by atoms with Crippen molar-refractivity contribution in [1.29, 1.82) is 0 Å². The van der Waals surface area contributed by atoms with Crippen molar-refractivity contribution >= 4 is 27.5 Å². The first-order valence-electron chi connectivity index (χ1n) is 6.95. The Morgan fingerprint density at radius 3 is 2.61 bits per heavy atom. The lowest BCUT2D eigenvalue weighted by molar-refractivity contribution is -0.123. The number of hydrogen-bond acceptors (Lipinski definition) is 4. The van der Waals surface area contributed by atoms with E-state index in [0.717, 1.165) is 11.3 Å². The van der Waals surface area contributed by atoms with Crippen molar-refractivity contribution in [2.24, 2.45) is 5.10 Å². The molecule has 0 heterocycles. The molecule has 2 rings (SSSR count). The Morgan fingerprint density at radius 1 is 1.22 bits per heavy atom. The molecule has 5 nitrogen and oxygen atoms in total. The van der Waals surface area contributed by atoms with Gasteiger partial charge in [0.25, 0.3) is 5.91 Å². The third-order valence-electron chi connectivity index (χ3n) is 3.04. The maximum Gasteiger partial charge on any atom is 0.277 e. The molecule has 0 atom stereocenters. The number of hydrazone groups is 1. The lowest BCUT2D eigenvalue weighted by atomic mass is 10.1. The van der Waals surface area contributed by atoms with Crippen LogP contribution in [0.5, 0.6) is 11.5 Å². The molecule has 0 aromatic heterocycles. The molecule has 1 N–H and O–H groups in total. The number of methoxy groups -OCH3 is 1. The lowest BCUT2D eigenvalue weighted by Crippen LogP contribution is -2.25. The minimum absolute atomic E-state index is 0.128. The fourth-order valence-corrected chi connectivity index (χ4v) is 2.26. The van der Waals surface area contributed by atoms with Crippen molar-refractivity contribution in [2.45, 2.75) is 6.92 Å². The van der Waals surface area contributed by atoms with Gasteiger partial charge in [0, 0.05) is 0 Å². The minimum atomic E-state index is -0.331. The van der Waals surface area contributed by atoms with E-state index in [2.05, 4.69) is 26.5 Å². The molecular formula is C17H17BrN2O3. The van der Waals surface area contributed by atoms with Gasteiger partial charge in [-0.1, -0.05) is 30.3 Å². The monoisotopic (exact) mass is 376 g/mol. The third-order valence-corrected chi connectivity index (χ3v) is 3.66. The standard InChI is InChI=1S/C17H17BrN2O3/c1-12(13-6-4-3-5-7-13)19-20-17(21)11-23-16-9-8-14(22-2)10-15(16)18/h3-10H,11H2,1-2H3,(H,20,21)/b19-12+. The maximum atomic E-state index is 11.8.